The monoisotopic (exact) mass is 186 g/mol. The Morgan fingerprint density at radius 3 is 2.58 bits per heavy atom. The maximum absolute atomic E-state index is 10.6. The molecular weight excluding hydrogens is 172 g/mol. The first kappa shape index (κ1) is 11.2. The third-order valence-corrected chi connectivity index (χ3v) is 1.72. The highest BCUT2D eigenvalue weighted by molar-refractivity contribution is 8.13. The normalized spacial score (nSPS) is 11.1. The maximum atomic E-state index is 10.6. The fourth-order valence-corrected chi connectivity index (χ4v) is 0.964. The van der Waals surface area contributed by atoms with Crippen molar-refractivity contribution in [2.45, 2.75) is 20.3 Å². The summed E-state index contributed by atoms with van der Waals surface area (Å²) >= 11 is 1.40. The molecule has 3 nitrogen and oxygen atoms in total. The highest BCUT2D eigenvalue weighted by atomic mass is 32.2. The molecule has 0 saturated heterocycles. The van der Waals surface area contributed by atoms with Gasteiger partial charge in [-0.1, -0.05) is 25.3 Å². The maximum Gasteiger partial charge on any atom is 0.222 e. The molecule has 0 unspecified atom stereocenters. The summed E-state index contributed by atoms with van der Waals surface area (Å²) in [6.07, 6.45) is 2.65. The molecule has 0 spiro atoms. The van der Waals surface area contributed by atoms with Crippen LogP contribution in [0.4, 0.5) is 0 Å². The fraction of sp³-hybridized carbons (Fsp3) is 0.500. The van der Waals surface area contributed by atoms with E-state index in [9.17, 15) is 4.79 Å². The van der Waals surface area contributed by atoms with Crippen molar-refractivity contribution in [3.8, 4) is 0 Å². The Bertz CT molecular complexity index is 211. The average molecular weight is 186 g/mol. The van der Waals surface area contributed by atoms with Gasteiger partial charge in [0.05, 0.1) is 0 Å². The van der Waals surface area contributed by atoms with E-state index in [2.05, 4.69) is 16.9 Å². The van der Waals surface area contributed by atoms with Crippen LogP contribution in [0, 0.1) is 0 Å². The third-order valence-electron chi connectivity index (χ3n) is 1.14. The lowest BCUT2D eigenvalue weighted by Gasteiger charge is -2.03. The standard InChI is InChI=1S/C8H14N2OS/c1-5-6(2)9-8(12-4)10-7(3)11/h2,5H2,1,3-4H3,(H,9,10,11). The van der Waals surface area contributed by atoms with Crippen molar-refractivity contribution >= 4 is 22.8 Å². The topological polar surface area (TPSA) is 41.5 Å². The van der Waals surface area contributed by atoms with Gasteiger partial charge < -0.3 is 5.32 Å². The Labute approximate surface area is 77.3 Å². The highest BCUT2D eigenvalue weighted by Crippen LogP contribution is 2.03. The van der Waals surface area contributed by atoms with Crippen LogP contribution >= 0.6 is 11.8 Å². The van der Waals surface area contributed by atoms with Crippen LogP contribution in [0.5, 0.6) is 0 Å². The van der Waals surface area contributed by atoms with Crippen molar-refractivity contribution in [3.63, 3.8) is 0 Å². The van der Waals surface area contributed by atoms with Crippen molar-refractivity contribution < 1.29 is 4.79 Å². The summed E-state index contributed by atoms with van der Waals surface area (Å²) in [7, 11) is 0. The lowest BCUT2D eigenvalue weighted by molar-refractivity contribution is -0.117. The molecule has 0 aromatic heterocycles. The predicted molar refractivity (Wildman–Crippen MR) is 54.2 cm³/mol. The van der Waals surface area contributed by atoms with Crippen molar-refractivity contribution in [2.24, 2.45) is 4.99 Å². The van der Waals surface area contributed by atoms with Gasteiger partial charge in [-0.25, -0.2) is 4.99 Å². The first-order valence-electron chi connectivity index (χ1n) is 3.68. The van der Waals surface area contributed by atoms with Gasteiger partial charge in [0, 0.05) is 12.6 Å². The first-order valence-corrected chi connectivity index (χ1v) is 4.90. The number of aliphatic imine (C=N–C) groups is 1. The fourth-order valence-electron chi connectivity index (χ4n) is 0.498. The summed E-state index contributed by atoms with van der Waals surface area (Å²) in [5, 5.41) is 3.21. The number of nitrogens with zero attached hydrogens (tertiary/aromatic N) is 1. The Morgan fingerprint density at radius 1 is 1.67 bits per heavy atom. The number of amidine groups is 1. The molecule has 0 fully saturated rings. The van der Waals surface area contributed by atoms with Crippen molar-refractivity contribution in [1.82, 2.24) is 5.32 Å². The largest absolute Gasteiger partial charge is 0.305 e. The van der Waals surface area contributed by atoms with Gasteiger partial charge in [0.2, 0.25) is 5.91 Å². The number of nitrogens with one attached hydrogen (secondary N) is 1. The van der Waals surface area contributed by atoms with Crippen molar-refractivity contribution in [2.75, 3.05) is 6.26 Å². The van der Waals surface area contributed by atoms with E-state index >= 15 is 0 Å². The number of rotatable bonds is 2. The van der Waals surface area contributed by atoms with Gasteiger partial charge >= 0.3 is 0 Å². The van der Waals surface area contributed by atoms with E-state index in [1.807, 2.05) is 13.2 Å². The molecule has 68 valence electrons. The molecule has 0 aliphatic rings. The predicted octanol–water partition coefficient (Wildman–Crippen LogP) is 1.77. The van der Waals surface area contributed by atoms with Crippen LogP contribution in [0.25, 0.3) is 0 Å². The van der Waals surface area contributed by atoms with Crippen LogP contribution < -0.4 is 5.32 Å². The molecule has 0 heterocycles. The zero-order valence-corrected chi connectivity index (χ0v) is 8.49. The van der Waals surface area contributed by atoms with Gasteiger partial charge in [0.1, 0.15) is 0 Å². The molecular formula is C8H14N2OS. The smallest absolute Gasteiger partial charge is 0.222 e. The van der Waals surface area contributed by atoms with Gasteiger partial charge in [0.15, 0.2) is 5.17 Å². The minimum absolute atomic E-state index is 0.105. The minimum atomic E-state index is -0.105. The molecule has 0 atom stereocenters. The minimum Gasteiger partial charge on any atom is -0.305 e. The number of carbonyl (C=O) groups excluding carboxylic acids is 1. The van der Waals surface area contributed by atoms with Crippen LogP contribution in [0.15, 0.2) is 17.3 Å². The number of hydrogen-bond acceptors (Lipinski definition) is 3. The molecule has 1 N–H and O–H groups in total. The molecule has 12 heavy (non-hydrogen) atoms. The summed E-state index contributed by atoms with van der Waals surface area (Å²) < 4.78 is 0. The van der Waals surface area contributed by atoms with Crippen molar-refractivity contribution in [1.29, 1.82) is 0 Å². The molecule has 0 bridgehead atoms. The Kier molecular flexibility index (Phi) is 5.45. The van der Waals surface area contributed by atoms with E-state index in [1.165, 1.54) is 18.7 Å². The molecule has 0 radical (unpaired) electrons. The van der Waals surface area contributed by atoms with E-state index in [1.54, 1.807) is 0 Å². The summed E-state index contributed by atoms with van der Waals surface area (Å²) in [5.74, 6) is -0.105. The van der Waals surface area contributed by atoms with Gasteiger partial charge in [-0.3, -0.25) is 4.79 Å². The van der Waals surface area contributed by atoms with E-state index < -0.39 is 0 Å². The van der Waals surface area contributed by atoms with Gasteiger partial charge in [-0.15, -0.1) is 0 Å². The number of allylic oxidation sites excluding steroid dienone is 1. The summed E-state index contributed by atoms with van der Waals surface area (Å²) in [6, 6.07) is 0. The summed E-state index contributed by atoms with van der Waals surface area (Å²) in [4.78, 5) is 14.8. The summed E-state index contributed by atoms with van der Waals surface area (Å²) in [6.45, 7) is 7.14. The number of amides is 1. The molecule has 0 aliphatic heterocycles. The van der Waals surface area contributed by atoms with Gasteiger partial charge in [0.25, 0.3) is 0 Å². The van der Waals surface area contributed by atoms with Crippen LogP contribution in [0.2, 0.25) is 0 Å². The van der Waals surface area contributed by atoms with E-state index in [0.717, 1.165) is 12.1 Å². The number of hydrogen-bond donors (Lipinski definition) is 1. The lowest BCUT2D eigenvalue weighted by atomic mass is 10.4. The van der Waals surface area contributed by atoms with Crippen LogP contribution in [-0.2, 0) is 4.79 Å². The van der Waals surface area contributed by atoms with E-state index in [-0.39, 0.29) is 5.91 Å². The second-order valence-electron chi connectivity index (χ2n) is 2.22. The summed E-state index contributed by atoms with van der Waals surface area (Å²) in [5.41, 5.74) is 0.771. The third kappa shape index (κ3) is 4.96. The average Bonchev–Trinajstić information content (AvgIpc) is 2.02. The van der Waals surface area contributed by atoms with E-state index in [4.69, 9.17) is 0 Å². The van der Waals surface area contributed by atoms with Gasteiger partial charge in [-0.05, 0) is 12.7 Å². The quantitative estimate of drug-likeness (QED) is 0.527. The Hall–Kier alpha value is -0.770. The Morgan fingerprint density at radius 2 is 2.25 bits per heavy atom. The zero-order valence-electron chi connectivity index (χ0n) is 7.68. The van der Waals surface area contributed by atoms with Crippen LogP contribution in [0.3, 0.4) is 0 Å². The molecule has 0 aliphatic carbocycles. The Balaban J connectivity index is 4.22. The number of carbonyl (C=O) groups is 1. The van der Waals surface area contributed by atoms with Crippen LogP contribution in [0.1, 0.15) is 20.3 Å². The molecule has 1 amide bonds. The van der Waals surface area contributed by atoms with E-state index in [0.29, 0.717) is 5.17 Å². The van der Waals surface area contributed by atoms with Crippen LogP contribution in [-0.4, -0.2) is 17.3 Å². The van der Waals surface area contributed by atoms with Gasteiger partial charge in [-0.2, -0.15) is 0 Å². The molecule has 0 aromatic carbocycles. The second kappa shape index (κ2) is 5.83. The lowest BCUT2D eigenvalue weighted by Crippen LogP contribution is -2.25. The van der Waals surface area contributed by atoms with Crippen molar-refractivity contribution in [3.05, 3.63) is 12.3 Å². The second-order valence-corrected chi connectivity index (χ2v) is 3.02. The molecule has 0 saturated carbocycles. The molecule has 0 aromatic rings. The molecule has 4 heteroatoms. The zero-order chi connectivity index (χ0) is 9.56. The first-order chi connectivity index (χ1) is 5.60. The highest BCUT2D eigenvalue weighted by Gasteiger charge is 1.98. The molecule has 0 rings (SSSR count). The number of thioether (sulfide) groups is 1. The SMILES string of the molecule is C=C(CC)N=C(NC(C)=O)SC.